The van der Waals surface area contributed by atoms with Gasteiger partial charge in [0.1, 0.15) is 5.75 Å². The molecule has 128 valence electrons. The Balaban J connectivity index is 1.54. The lowest BCUT2D eigenvalue weighted by Gasteiger charge is -2.28. The third kappa shape index (κ3) is 3.95. The summed E-state index contributed by atoms with van der Waals surface area (Å²) in [5.74, 6) is 0.640. The van der Waals surface area contributed by atoms with Crippen LogP contribution in [0.25, 0.3) is 0 Å². The van der Waals surface area contributed by atoms with Gasteiger partial charge >= 0.3 is 0 Å². The Bertz CT molecular complexity index is 788. The van der Waals surface area contributed by atoms with E-state index in [1.54, 1.807) is 31.4 Å². The van der Waals surface area contributed by atoms with Crippen molar-refractivity contribution in [2.45, 2.75) is 17.9 Å². The van der Waals surface area contributed by atoms with E-state index in [0.717, 1.165) is 19.5 Å². The zero-order valence-electron chi connectivity index (χ0n) is 13.7. The molecule has 6 heteroatoms. The number of fused-ring (bicyclic) bond motifs is 1. The molecule has 2 aromatic carbocycles. The van der Waals surface area contributed by atoms with Crippen LogP contribution in [0.4, 0.5) is 0 Å². The van der Waals surface area contributed by atoms with Crippen molar-refractivity contribution in [3.05, 3.63) is 59.7 Å². The number of hydrogen-bond acceptors (Lipinski definition) is 4. The first-order chi connectivity index (χ1) is 11.6. The fourth-order valence-corrected chi connectivity index (χ4v) is 3.94. The van der Waals surface area contributed by atoms with E-state index in [1.165, 1.54) is 11.1 Å². The summed E-state index contributed by atoms with van der Waals surface area (Å²) in [6, 6.07) is 14.8. The molecule has 0 aromatic heterocycles. The molecule has 2 aromatic rings. The molecule has 1 aliphatic heterocycles. The molecule has 0 atom stereocenters. The SMILES string of the molecule is COc1ccc(S(=O)(=O)NCCN2CCc3ccccc3C2)cc1. The van der Waals surface area contributed by atoms with Crippen LogP contribution in [0.15, 0.2) is 53.4 Å². The Labute approximate surface area is 143 Å². The second-order valence-corrected chi connectivity index (χ2v) is 7.64. The molecule has 0 bridgehead atoms. The average molecular weight is 346 g/mol. The van der Waals surface area contributed by atoms with Gasteiger partial charge in [0.05, 0.1) is 12.0 Å². The molecule has 0 fully saturated rings. The zero-order chi connectivity index (χ0) is 17.0. The van der Waals surface area contributed by atoms with Gasteiger partial charge in [-0.25, -0.2) is 13.1 Å². The predicted molar refractivity (Wildman–Crippen MR) is 93.6 cm³/mol. The number of methoxy groups -OCH3 is 1. The smallest absolute Gasteiger partial charge is 0.240 e. The minimum absolute atomic E-state index is 0.257. The van der Waals surface area contributed by atoms with Gasteiger partial charge in [-0.3, -0.25) is 4.90 Å². The fourth-order valence-electron chi connectivity index (χ4n) is 2.92. The molecule has 0 amide bonds. The number of benzene rings is 2. The van der Waals surface area contributed by atoms with Gasteiger partial charge < -0.3 is 4.74 Å². The van der Waals surface area contributed by atoms with Crippen LogP contribution in [0.5, 0.6) is 5.75 Å². The normalized spacial score (nSPS) is 15.0. The van der Waals surface area contributed by atoms with Gasteiger partial charge in [-0.15, -0.1) is 0 Å². The Morgan fingerprint density at radius 1 is 1.08 bits per heavy atom. The van der Waals surface area contributed by atoms with Crippen LogP contribution in [-0.2, 0) is 23.0 Å². The van der Waals surface area contributed by atoms with Crippen molar-refractivity contribution in [3.63, 3.8) is 0 Å². The maximum absolute atomic E-state index is 12.3. The van der Waals surface area contributed by atoms with Crippen molar-refractivity contribution in [1.29, 1.82) is 0 Å². The van der Waals surface area contributed by atoms with Gasteiger partial charge in [-0.1, -0.05) is 24.3 Å². The lowest BCUT2D eigenvalue weighted by molar-refractivity contribution is 0.258. The Kier molecular flexibility index (Phi) is 5.18. The summed E-state index contributed by atoms with van der Waals surface area (Å²) in [5, 5.41) is 0. The summed E-state index contributed by atoms with van der Waals surface area (Å²) >= 11 is 0. The molecule has 5 nitrogen and oxygen atoms in total. The maximum atomic E-state index is 12.3. The van der Waals surface area contributed by atoms with E-state index in [1.807, 2.05) is 0 Å². The molecule has 24 heavy (non-hydrogen) atoms. The van der Waals surface area contributed by atoms with Crippen molar-refractivity contribution in [2.75, 3.05) is 26.7 Å². The van der Waals surface area contributed by atoms with Crippen molar-refractivity contribution in [1.82, 2.24) is 9.62 Å². The molecule has 0 spiro atoms. The third-order valence-electron chi connectivity index (χ3n) is 4.30. The molecule has 1 heterocycles. The first-order valence-corrected chi connectivity index (χ1v) is 9.50. The fraction of sp³-hybridized carbons (Fsp3) is 0.333. The number of nitrogens with one attached hydrogen (secondary N) is 1. The Morgan fingerprint density at radius 3 is 2.50 bits per heavy atom. The number of rotatable bonds is 6. The van der Waals surface area contributed by atoms with E-state index < -0.39 is 10.0 Å². The van der Waals surface area contributed by atoms with Crippen LogP contribution in [0, 0.1) is 0 Å². The molecular weight excluding hydrogens is 324 g/mol. The Morgan fingerprint density at radius 2 is 1.79 bits per heavy atom. The van der Waals surface area contributed by atoms with Gasteiger partial charge in [0.25, 0.3) is 0 Å². The second kappa shape index (κ2) is 7.34. The molecular formula is C18H22N2O3S. The summed E-state index contributed by atoms with van der Waals surface area (Å²) in [7, 11) is -1.92. The first-order valence-electron chi connectivity index (χ1n) is 8.01. The topological polar surface area (TPSA) is 58.6 Å². The van der Waals surface area contributed by atoms with Crippen LogP contribution in [0.2, 0.25) is 0 Å². The van der Waals surface area contributed by atoms with E-state index >= 15 is 0 Å². The summed E-state index contributed by atoms with van der Waals surface area (Å²) in [6.45, 7) is 2.93. The molecule has 0 radical (unpaired) electrons. The monoisotopic (exact) mass is 346 g/mol. The highest BCUT2D eigenvalue weighted by Gasteiger charge is 2.17. The minimum atomic E-state index is -3.48. The second-order valence-electron chi connectivity index (χ2n) is 5.87. The minimum Gasteiger partial charge on any atom is -0.497 e. The quantitative estimate of drug-likeness (QED) is 0.869. The molecule has 0 saturated carbocycles. The van der Waals surface area contributed by atoms with Crippen LogP contribution in [0.3, 0.4) is 0 Å². The summed E-state index contributed by atoms with van der Waals surface area (Å²) < 4.78 is 32.3. The summed E-state index contributed by atoms with van der Waals surface area (Å²) in [6.07, 6.45) is 1.02. The largest absolute Gasteiger partial charge is 0.497 e. The number of ether oxygens (including phenoxy) is 1. The van der Waals surface area contributed by atoms with Crippen molar-refractivity contribution in [2.24, 2.45) is 0 Å². The first kappa shape index (κ1) is 17.0. The van der Waals surface area contributed by atoms with E-state index in [-0.39, 0.29) is 4.90 Å². The highest BCUT2D eigenvalue weighted by molar-refractivity contribution is 7.89. The maximum Gasteiger partial charge on any atom is 0.240 e. The molecule has 3 rings (SSSR count). The lowest BCUT2D eigenvalue weighted by Crippen LogP contribution is -2.37. The molecule has 0 unspecified atom stereocenters. The third-order valence-corrected chi connectivity index (χ3v) is 5.78. The molecule has 0 aliphatic carbocycles. The predicted octanol–water partition coefficient (Wildman–Crippen LogP) is 2.03. The molecule has 1 N–H and O–H groups in total. The highest BCUT2D eigenvalue weighted by atomic mass is 32.2. The van der Waals surface area contributed by atoms with Crippen LogP contribution < -0.4 is 9.46 Å². The lowest BCUT2D eigenvalue weighted by atomic mass is 10.0. The van der Waals surface area contributed by atoms with E-state index in [0.29, 0.717) is 18.8 Å². The standard InChI is InChI=1S/C18H22N2O3S/c1-23-17-6-8-18(9-7-17)24(21,22)19-11-13-20-12-10-15-4-2-3-5-16(15)14-20/h2-9,19H,10-14H2,1H3. The molecule has 1 aliphatic rings. The van der Waals surface area contributed by atoms with Crippen LogP contribution >= 0.6 is 0 Å². The van der Waals surface area contributed by atoms with Crippen LogP contribution in [0.1, 0.15) is 11.1 Å². The average Bonchev–Trinajstić information content (AvgIpc) is 2.61. The van der Waals surface area contributed by atoms with Gasteiger partial charge in [-0.2, -0.15) is 0 Å². The molecule has 0 saturated heterocycles. The van der Waals surface area contributed by atoms with Gasteiger partial charge in [0, 0.05) is 26.2 Å². The van der Waals surface area contributed by atoms with Gasteiger partial charge in [-0.05, 0) is 41.8 Å². The summed E-state index contributed by atoms with van der Waals surface area (Å²) in [4.78, 5) is 2.53. The van der Waals surface area contributed by atoms with E-state index in [9.17, 15) is 8.42 Å². The van der Waals surface area contributed by atoms with Gasteiger partial charge in [0.15, 0.2) is 0 Å². The number of hydrogen-bond donors (Lipinski definition) is 1. The number of sulfonamides is 1. The number of nitrogens with zero attached hydrogens (tertiary/aromatic N) is 1. The van der Waals surface area contributed by atoms with Crippen LogP contribution in [-0.4, -0.2) is 40.1 Å². The summed E-state index contributed by atoms with van der Waals surface area (Å²) in [5.41, 5.74) is 2.73. The van der Waals surface area contributed by atoms with Crippen molar-refractivity contribution in [3.8, 4) is 5.75 Å². The Hall–Kier alpha value is -1.89. The highest BCUT2D eigenvalue weighted by Crippen LogP contribution is 2.18. The van der Waals surface area contributed by atoms with E-state index in [2.05, 4.69) is 33.9 Å². The van der Waals surface area contributed by atoms with Crippen molar-refractivity contribution >= 4 is 10.0 Å². The van der Waals surface area contributed by atoms with Gasteiger partial charge in [0.2, 0.25) is 10.0 Å². The zero-order valence-corrected chi connectivity index (χ0v) is 14.6. The van der Waals surface area contributed by atoms with E-state index in [4.69, 9.17) is 4.74 Å². The van der Waals surface area contributed by atoms with Crippen molar-refractivity contribution < 1.29 is 13.2 Å².